The van der Waals surface area contributed by atoms with Gasteiger partial charge in [0, 0.05) is 25.8 Å². The molecule has 2 amide bonds. The van der Waals surface area contributed by atoms with Crippen LogP contribution < -0.4 is 5.32 Å². The Kier molecular flexibility index (Phi) is 4.50. The second-order valence-electron chi connectivity index (χ2n) is 6.55. The van der Waals surface area contributed by atoms with Crippen molar-refractivity contribution >= 4 is 11.8 Å². The van der Waals surface area contributed by atoms with E-state index in [0.717, 1.165) is 11.3 Å². The summed E-state index contributed by atoms with van der Waals surface area (Å²) in [5.41, 5.74) is 1.31. The molecule has 1 aromatic carbocycles. The lowest BCUT2D eigenvalue weighted by atomic mass is 10.2. The molecule has 27 heavy (non-hydrogen) atoms. The number of furan rings is 1. The number of aromatic nitrogens is 2. The van der Waals surface area contributed by atoms with E-state index < -0.39 is 0 Å². The second kappa shape index (κ2) is 7.11. The molecule has 4 rings (SSSR count). The number of rotatable bonds is 5. The number of hydrogen-bond donors (Lipinski definition) is 1. The van der Waals surface area contributed by atoms with E-state index in [9.17, 15) is 9.59 Å². The Morgan fingerprint density at radius 1 is 1.19 bits per heavy atom. The van der Waals surface area contributed by atoms with Gasteiger partial charge in [-0.2, -0.15) is 0 Å². The zero-order chi connectivity index (χ0) is 18.8. The summed E-state index contributed by atoms with van der Waals surface area (Å²) < 4.78 is 7.18. The maximum absolute atomic E-state index is 12.7. The highest BCUT2D eigenvalue weighted by molar-refractivity contribution is 5.96. The molecule has 0 bridgehead atoms. The molecule has 138 valence electrons. The van der Waals surface area contributed by atoms with E-state index in [0.29, 0.717) is 31.2 Å². The highest BCUT2D eigenvalue weighted by atomic mass is 16.3. The second-order valence-corrected chi connectivity index (χ2v) is 6.55. The molecule has 0 spiro atoms. The SMILES string of the molecule is Cc1ccc(CNC(=O)c2cn3c(n2)C(=O)N(Cc2ccccc2)CC3)o1. The van der Waals surface area contributed by atoms with Gasteiger partial charge in [0.1, 0.15) is 17.2 Å². The molecule has 1 N–H and O–H groups in total. The molecule has 0 saturated heterocycles. The predicted octanol–water partition coefficient (Wildman–Crippen LogP) is 2.37. The zero-order valence-electron chi connectivity index (χ0n) is 15.0. The number of hydrogen-bond acceptors (Lipinski definition) is 4. The predicted molar refractivity (Wildman–Crippen MR) is 98.0 cm³/mol. The number of carbonyl (C=O) groups excluding carboxylic acids is 2. The maximum Gasteiger partial charge on any atom is 0.290 e. The van der Waals surface area contributed by atoms with Crippen LogP contribution in [0.1, 0.15) is 38.2 Å². The fourth-order valence-corrected chi connectivity index (χ4v) is 3.13. The number of carbonyl (C=O) groups is 2. The van der Waals surface area contributed by atoms with Gasteiger partial charge in [-0.1, -0.05) is 30.3 Å². The minimum Gasteiger partial charge on any atom is -0.465 e. The van der Waals surface area contributed by atoms with E-state index in [2.05, 4.69) is 10.3 Å². The van der Waals surface area contributed by atoms with Crippen LogP contribution in [0.5, 0.6) is 0 Å². The van der Waals surface area contributed by atoms with E-state index in [4.69, 9.17) is 4.42 Å². The van der Waals surface area contributed by atoms with E-state index in [1.807, 2.05) is 49.4 Å². The van der Waals surface area contributed by atoms with Gasteiger partial charge in [0.2, 0.25) is 0 Å². The van der Waals surface area contributed by atoms with Gasteiger partial charge in [0.05, 0.1) is 6.54 Å². The van der Waals surface area contributed by atoms with E-state index in [1.165, 1.54) is 0 Å². The molecule has 0 fully saturated rings. The van der Waals surface area contributed by atoms with Crippen molar-refractivity contribution in [1.29, 1.82) is 0 Å². The summed E-state index contributed by atoms with van der Waals surface area (Å²) >= 11 is 0. The normalized spacial score (nSPS) is 13.5. The van der Waals surface area contributed by atoms with Crippen LogP contribution in [0, 0.1) is 6.92 Å². The van der Waals surface area contributed by atoms with Crippen LogP contribution in [0.2, 0.25) is 0 Å². The molecule has 0 saturated carbocycles. The molecule has 1 aliphatic rings. The van der Waals surface area contributed by atoms with E-state index >= 15 is 0 Å². The van der Waals surface area contributed by atoms with Gasteiger partial charge in [-0.15, -0.1) is 0 Å². The number of amides is 2. The van der Waals surface area contributed by atoms with Crippen LogP contribution in [0.25, 0.3) is 0 Å². The van der Waals surface area contributed by atoms with Crippen LogP contribution >= 0.6 is 0 Å². The van der Waals surface area contributed by atoms with Gasteiger partial charge < -0.3 is 19.2 Å². The Bertz CT molecular complexity index is 974. The molecule has 0 radical (unpaired) electrons. The minimum absolute atomic E-state index is 0.161. The van der Waals surface area contributed by atoms with Crippen molar-refractivity contribution in [2.24, 2.45) is 0 Å². The standard InChI is InChI=1S/C20H20N4O3/c1-14-7-8-16(27-14)11-21-19(25)17-13-23-9-10-24(20(26)18(23)22-17)12-15-5-3-2-4-6-15/h2-8,13H,9-12H2,1H3,(H,21,25). The summed E-state index contributed by atoms with van der Waals surface area (Å²) in [6, 6.07) is 13.5. The summed E-state index contributed by atoms with van der Waals surface area (Å²) in [6.45, 7) is 3.87. The number of benzene rings is 1. The van der Waals surface area contributed by atoms with Crippen molar-refractivity contribution < 1.29 is 14.0 Å². The molecule has 7 heteroatoms. The third kappa shape index (κ3) is 3.62. The lowest BCUT2D eigenvalue weighted by Gasteiger charge is -2.27. The molecule has 7 nitrogen and oxygen atoms in total. The molecule has 0 aliphatic carbocycles. The molecule has 3 aromatic rings. The van der Waals surface area contributed by atoms with Gasteiger partial charge in [0.25, 0.3) is 11.8 Å². The van der Waals surface area contributed by atoms with Crippen molar-refractivity contribution in [1.82, 2.24) is 19.8 Å². The van der Waals surface area contributed by atoms with Crippen LogP contribution in [-0.2, 0) is 19.6 Å². The van der Waals surface area contributed by atoms with Crippen LogP contribution in [-0.4, -0.2) is 32.8 Å². The number of nitrogens with one attached hydrogen (secondary N) is 1. The number of aryl methyl sites for hydroxylation is 1. The third-order valence-corrected chi connectivity index (χ3v) is 4.53. The Morgan fingerprint density at radius 3 is 2.74 bits per heavy atom. The molecular formula is C20H20N4O3. The van der Waals surface area contributed by atoms with E-state index in [1.54, 1.807) is 15.7 Å². The highest BCUT2D eigenvalue weighted by Gasteiger charge is 2.28. The first-order chi connectivity index (χ1) is 13.1. The molecule has 2 aromatic heterocycles. The smallest absolute Gasteiger partial charge is 0.290 e. The maximum atomic E-state index is 12.7. The summed E-state index contributed by atoms with van der Waals surface area (Å²) in [6.07, 6.45) is 1.63. The van der Waals surface area contributed by atoms with Crippen molar-refractivity contribution in [2.75, 3.05) is 6.54 Å². The lowest BCUT2D eigenvalue weighted by molar-refractivity contribution is 0.0683. The summed E-state index contributed by atoms with van der Waals surface area (Å²) in [4.78, 5) is 31.1. The lowest BCUT2D eigenvalue weighted by Crippen LogP contribution is -2.39. The topological polar surface area (TPSA) is 80.4 Å². The Balaban J connectivity index is 1.44. The summed E-state index contributed by atoms with van der Waals surface area (Å²) in [7, 11) is 0. The number of fused-ring (bicyclic) bond motifs is 1. The van der Waals surface area contributed by atoms with Crippen LogP contribution in [0.3, 0.4) is 0 Å². The monoisotopic (exact) mass is 364 g/mol. The number of imidazole rings is 1. The number of nitrogens with zero attached hydrogens (tertiary/aromatic N) is 3. The quantitative estimate of drug-likeness (QED) is 0.754. The largest absolute Gasteiger partial charge is 0.465 e. The van der Waals surface area contributed by atoms with E-state index in [-0.39, 0.29) is 24.1 Å². The highest BCUT2D eigenvalue weighted by Crippen LogP contribution is 2.16. The van der Waals surface area contributed by atoms with Gasteiger partial charge in [-0.3, -0.25) is 9.59 Å². The van der Waals surface area contributed by atoms with Crippen LogP contribution in [0.15, 0.2) is 53.1 Å². The zero-order valence-corrected chi connectivity index (χ0v) is 15.0. The Morgan fingerprint density at radius 2 is 2.00 bits per heavy atom. The first-order valence-electron chi connectivity index (χ1n) is 8.84. The van der Waals surface area contributed by atoms with Crippen molar-refractivity contribution in [2.45, 2.75) is 26.6 Å². The van der Waals surface area contributed by atoms with Crippen molar-refractivity contribution in [3.05, 3.63) is 77.3 Å². The summed E-state index contributed by atoms with van der Waals surface area (Å²) in [5, 5.41) is 2.77. The van der Waals surface area contributed by atoms with Gasteiger partial charge in [-0.25, -0.2) is 4.98 Å². The average Bonchev–Trinajstić information content (AvgIpc) is 3.29. The van der Waals surface area contributed by atoms with Gasteiger partial charge in [0.15, 0.2) is 5.82 Å². The fraction of sp³-hybridized carbons (Fsp3) is 0.250. The van der Waals surface area contributed by atoms with Crippen molar-refractivity contribution in [3.63, 3.8) is 0 Å². The molecule has 1 aliphatic heterocycles. The Labute approximate surface area is 156 Å². The van der Waals surface area contributed by atoms with Crippen LogP contribution in [0.4, 0.5) is 0 Å². The average molecular weight is 364 g/mol. The molecule has 0 atom stereocenters. The third-order valence-electron chi connectivity index (χ3n) is 4.53. The molecule has 0 unspecified atom stereocenters. The first kappa shape index (κ1) is 17.1. The minimum atomic E-state index is -0.326. The van der Waals surface area contributed by atoms with Gasteiger partial charge >= 0.3 is 0 Å². The molecular weight excluding hydrogens is 344 g/mol. The molecule has 3 heterocycles. The van der Waals surface area contributed by atoms with Crippen molar-refractivity contribution in [3.8, 4) is 0 Å². The van der Waals surface area contributed by atoms with Gasteiger partial charge in [-0.05, 0) is 24.6 Å². The first-order valence-corrected chi connectivity index (χ1v) is 8.84. The Hall–Kier alpha value is -3.35. The fourth-order valence-electron chi connectivity index (χ4n) is 3.13. The summed E-state index contributed by atoms with van der Waals surface area (Å²) in [5.74, 6) is 1.28.